The van der Waals surface area contributed by atoms with E-state index in [1.165, 1.54) is 0 Å². The maximum Gasteiger partial charge on any atom is 1.00 e. The summed E-state index contributed by atoms with van der Waals surface area (Å²) < 4.78 is 253. The van der Waals surface area contributed by atoms with E-state index < -0.39 is 159 Å². The van der Waals surface area contributed by atoms with Crippen LogP contribution in [0.4, 0.5) is 65.9 Å². The van der Waals surface area contributed by atoms with Crippen LogP contribution in [0.5, 0.6) is 0 Å². The Bertz CT molecular complexity index is 1350. The second kappa shape index (κ2) is 22.5. The molecule has 0 rings (SSSR count). The zero-order chi connectivity index (χ0) is 43.4. The van der Waals surface area contributed by atoms with Crippen molar-refractivity contribution in [2.45, 2.75) is 106 Å². The molecule has 56 heavy (non-hydrogen) atoms. The molecule has 0 aromatic carbocycles. The first-order valence-corrected chi connectivity index (χ1v) is 16.8. The van der Waals surface area contributed by atoms with Crippen LogP contribution in [0.15, 0.2) is 0 Å². The molecule has 0 saturated carbocycles. The maximum atomic E-state index is 13.2. The number of halogens is 15. The molecule has 0 bridgehead atoms. The van der Waals surface area contributed by atoms with Gasteiger partial charge in [-0.2, -0.15) is 74.3 Å². The summed E-state index contributed by atoms with van der Waals surface area (Å²) in [6.07, 6.45) is -26.9. The molecule has 0 aliphatic heterocycles. The van der Waals surface area contributed by atoms with Crippen molar-refractivity contribution in [3.63, 3.8) is 0 Å². The summed E-state index contributed by atoms with van der Waals surface area (Å²) in [6, 6.07) is 0. The van der Waals surface area contributed by atoms with Crippen LogP contribution in [0.2, 0.25) is 0 Å². The van der Waals surface area contributed by atoms with Crippen LogP contribution in [0.25, 0.3) is 0 Å². The number of hydrogen-bond donors (Lipinski definition) is 1. The monoisotopic (exact) mass is 892 g/mol. The topological polar surface area (TPSA) is 161 Å². The van der Waals surface area contributed by atoms with Gasteiger partial charge in [0.1, 0.15) is 38.1 Å². The van der Waals surface area contributed by atoms with Crippen molar-refractivity contribution >= 4 is 28.0 Å². The molecule has 0 fully saturated rings. The van der Waals surface area contributed by atoms with Crippen molar-refractivity contribution in [2.75, 3.05) is 39.6 Å². The van der Waals surface area contributed by atoms with Gasteiger partial charge >= 0.3 is 83.8 Å². The molecule has 0 aliphatic rings. The molecular weight excluding hydrogens is 856 g/mol. The van der Waals surface area contributed by atoms with Crippen molar-refractivity contribution in [3.8, 4) is 0 Å². The summed E-state index contributed by atoms with van der Waals surface area (Å²) in [7, 11) is -6.01. The van der Waals surface area contributed by atoms with E-state index in [4.69, 9.17) is 14.2 Å². The van der Waals surface area contributed by atoms with Crippen LogP contribution in [-0.4, -0.2) is 130 Å². The standard InChI is InChI=1S/C27H35F15O12S.Na.H/c1-4-14(8-49-11-22(28,29)25(34,35)36)52-18(43)7-17(20(44)53-15(5-2)9-50-12-23(30,31)26(37,38)39)19(55(46,47)48)21(45)54-16(6-3)10-51-13-24(32,33)27(40,41)42;;/h14-17,19H,4-13H2,1-3H3,(H,46,47,48);;/q;+1;-1. The van der Waals surface area contributed by atoms with Gasteiger partial charge in [-0.15, -0.1) is 0 Å². The normalized spacial score (nSPS) is 16.2. The average Bonchev–Trinajstić information content (AvgIpc) is 3.00. The second-order valence-electron chi connectivity index (χ2n) is 11.4. The molecular formula is C27H36F15NaO12S. The predicted octanol–water partition coefficient (Wildman–Crippen LogP) is 2.97. The predicted molar refractivity (Wildman–Crippen MR) is 151 cm³/mol. The molecule has 0 amide bonds. The van der Waals surface area contributed by atoms with Crippen LogP contribution in [0.3, 0.4) is 0 Å². The molecule has 5 atom stereocenters. The third-order valence-electron chi connectivity index (χ3n) is 6.84. The Balaban J connectivity index is -0.0000146. The minimum atomic E-state index is -6.10. The first-order chi connectivity index (χ1) is 24.7. The van der Waals surface area contributed by atoms with Crippen molar-refractivity contribution in [1.82, 2.24) is 0 Å². The van der Waals surface area contributed by atoms with Gasteiger partial charge in [0.25, 0.3) is 10.1 Å². The number of carbonyl (C=O) groups excluding carboxylic acids is 3. The van der Waals surface area contributed by atoms with Crippen LogP contribution < -0.4 is 29.6 Å². The fraction of sp³-hybridized carbons (Fsp3) is 0.889. The zero-order valence-corrected chi connectivity index (χ0v) is 32.3. The van der Waals surface area contributed by atoms with Crippen LogP contribution >= 0.6 is 0 Å². The number of rotatable bonds is 24. The van der Waals surface area contributed by atoms with E-state index in [0.717, 1.165) is 20.8 Å². The van der Waals surface area contributed by atoms with Crippen molar-refractivity contribution in [3.05, 3.63) is 0 Å². The Morgan fingerprint density at radius 2 is 0.839 bits per heavy atom. The van der Waals surface area contributed by atoms with Crippen LogP contribution in [0, 0.1) is 5.92 Å². The van der Waals surface area contributed by atoms with Crippen LogP contribution in [-0.2, 0) is 52.9 Å². The number of hydrogen-bond acceptors (Lipinski definition) is 11. The molecule has 1 N–H and O–H groups in total. The molecule has 5 unspecified atom stereocenters. The fourth-order valence-corrected chi connectivity index (χ4v) is 4.53. The largest absolute Gasteiger partial charge is 1.00 e. The van der Waals surface area contributed by atoms with E-state index in [1.54, 1.807) is 0 Å². The summed E-state index contributed by atoms with van der Waals surface area (Å²) in [6.45, 7) is -7.36. The summed E-state index contributed by atoms with van der Waals surface area (Å²) in [5.41, 5.74) is 0. The number of ether oxygens (including phenoxy) is 6. The summed E-state index contributed by atoms with van der Waals surface area (Å²) in [5, 5.41) is -3.30. The molecule has 12 nitrogen and oxygen atoms in total. The van der Waals surface area contributed by atoms with E-state index in [-0.39, 0.29) is 31.0 Å². The quantitative estimate of drug-likeness (QED) is 0.0497. The summed E-state index contributed by atoms with van der Waals surface area (Å²) in [5.74, 6) is -25.2. The van der Waals surface area contributed by atoms with E-state index in [1.807, 2.05) is 0 Å². The minimum Gasteiger partial charge on any atom is -1.00 e. The molecule has 328 valence electrons. The molecule has 0 aliphatic carbocycles. The Morgan fingerprint density at radius 3 is 1.11 bits per heavy atom. The summed E-state index contributed by atoms with van der Waals surface area (Å²) >= 11 is 0. The second-order valence-corrected chi connectivity index (χ2v) is 12.9. The van der Waals surface area contributed by atoms with Gasteiger partial charge in [0.15, 0.2) is 5.25 Å². The average molecular weight is 893 g/mol. The molecule has 0 aromatic heterocycles. The SMILES string of the molecule is CCC(COCC(F)(F)C(F)(F)F)OC(=O)CC(C(=O)OC(CC)COCC(F)(F)C(F)(F)F)C(C(=O)OC(CC)COCC(F)(F)C(F)(F)F)S(=O)(=O)O.[H-].[Na+]. The minimum absolute atomic E-state index is 0. The number of esters is 3. The maximum absolute atomic E-state index is 13.2. The van der Waals surface area contributed by atoms with Crippen LogP contribution in [0.1, 0.15) is 47.9 Å². The van der Waals surface area contributed by atoms with E-state index in [9.17, 15) is 93.2 Å². The Labute approximate surface area is 331 Å². The van der Waals surface area contributed by atoms with Gasteiger partial charge in [0.2, 0.25) is 0 Å². The summed E-state index contributed by atoms with van der Waals surface area (Å²) in [4.78, 5) is 39.0. The molecule has 0 aromatic rings. The van der Waals surface area contributed by atoms with Gasteiger partial charge in [0.05, 0.1) is 32.2 Å². The van der Waals surface area contributed by atoms with E-state index >= 15 is 0 Å². The smallest absolute Gasteiger partial charge is 1.00 e. The van der Waals surface area contributed by atoms with Gasteiger partial charge in [0, 0.05) is 0 Å². The van der Waals surface area contributed by atoms with Gasteiger partial charge in [-0.3, -0.25) is 18.9 Å². The zero-order valence-electron chi connectivity index (χ0n) is 30.5. The third-order valence-corrected chi connectivity index (χ3v) is 8.01. The molecule has 0 heterocycles. The third kappa shape index (κ3) is 18.4. The van der Waals surface area contributed by atoms with E-state index in [0.29, 0.717) is 0 Å². The Kier molecular flexibility index (Phi) is 22.6. The first kappa shape index (κ1) is 56.2. The van der Waals surface area contributed by atoms with Gasteiger partial charge in [-0.05, 0) is 19.3 Å². The fourth-order valence-electron chi connectivity index (χ4n) is 3.61. The molecule has 0 radical (unpaired) electrons. The molecule has 29 heteroatoms. The van der Waals surface area contributed by atoms with E-state index in [2.05, 4.69) is 14.2 Å². The van der Waals surface area contributed by atoms with Crippen molar-refractivity contribution in [1.29, 1.82) is 0 Å². The number of alkyl halides is 15. The van der Waals surface area contributed by atoms with Crippen molar-refractivity contribution < 1.29 is 153 Å². The molecule has 0 spiro atoms. The van der Waals surface area contributed by atoms with Gasteiger partial charge < -0.3 is 29.8 Å². The number of carbonyl (C=O) groups is 3. The van der Waals surface area contributed by atoms with Gasteiger partial charge in [-0.1, -0.05) is 20.8 Å². The molecule has 0 saturated heterocycles. The Hall–Kier alpha value is -1.85. The van der Waals surface area contributed by atoms with Crippen molar-refractivity contribution in [2.24, 2.45) is 5.92 Å². The first-order valence-electron chi connectivity index (χ1n) is 15.3. The Morgan fingerprint density at radius 1 is 0.554 bits per heavy atom. The van der Waals surface area contributed by atoms with Gasteiger partial charge in [-0.25, -0.2) is 0 Å².